The molecular formula is C29H16F6N4O3. The maximum Gasteiger partial charge on any atom is 0.418 e. The van der Waals surface area contributed by atoms with Gasteiger partial charge >= 0.3 is 12.4 Å². The van der Waals surface area contributed by atoms with E-state index in [0.29, 0.717) is 22.2 Å². The molecule has 4 aromatic carbocycles. The van der Waals surface area contributed by atoms with Crippen LogP contribution in [0.25, 0.3) is 45.1 Å². The topological polar surface area (TPSA) is 121 Å². The van der Waals surface area contributed by atoms with Gasteiger partial charge in [0.05, 0.1) is 11.1 Å². The lowest BCUT2D eigenvalue weighted by atomic mass is 10.0. The fourth-order valence-corrected chi connectivity index (χ4v) is 4.46. The summed E-state index contributed by atoms with van der Waals surface area (Å²) in [6.45, 7) is 0. The number of nitrogens with two attached hydrogens (primary N) is 2. The van der Waals surface area contributed by atoms with Gasteiger partial charge in [0.1, 0.15) is 11.0 Å². The quantitative estimate of drug-likeness (QED) is 0.124. The van der Waals surface area contributed by atoms with Crippen LogP contribution in [0.1, 0.15) is 27.0 Å². The minimum absolute atomic E-state index is 0.0236. The number of nitrogens with zero attached hydrogens (tertiary/aromatic N) is 2. The summed E-state index contributed by atoms with van der Waals surface area (Å²) in [7, 11) is 0. The van der Waals surface area contributed by atoms with Gasteiger partial charge in [0.15, 0.2) is 16.9 Å². The summed E-state index contributed by atoms with van der Waals surface area (Å²) in [5, 5.41) is 0. The molecule has 6 aromatic rings. The number of hydrogen-bond acceptors (Lipinski definition) is 7. The zero-order chi connectivity index (χ0) is 30.0. The second-order valence-electron chi connectivity index (χ2n) is 9.33. The Kier molecular flexibility index (Phi) is 5.99. The molecule has 0 aliphatic carbocycles. The van der Waals surface area contributed by atoms with Crippen molar-refractivity contribution in [3.63, 3.8) is 0 Å². The summed E-state index contributed by atoms with van der Waals surface area (Å²) in [6, 6.07) is 15.3. The number of anilines is 2. The molecule has 0 fully saturated rings. The van der Waals surface area contributed by atoms with E-state index in [4.69, 9.17) is 20.3 Å². The summed E-state index contributed by atoms with van der Waals surface area (Å²) in [4.78, 5) is 21.9. The van der Waals surface area contributed by atoms with Crippen molar-refractivity contribution in [3.8, 4) is 22.9 Å². The van der Waals surface area contributed by atoms with Gasteiger partial charge in [-0.15, -0.1) is 0 Å². The van der Waals surface area contributed by atoms with Gasteiger partial charge in [0.2, 0.25) is 11.8 Å². The number of rotatable bonds is 4. The first-order valence-electron chi connectivity index (χ1n) is 12.1. The third kappa shape index (κ3) is 4.78. The Labute approximate surface area is 231 Å². The van der Waals surface area contributed by atoms with E-state index in [2.05, 4.69) is 9.97 Å². The Morgan fingerprint density at radius 1 is 0.595 bits per heavy atom. The van der Waals surface area contributed by atoms with Crippen LogP contribution in [0.2, 0.25) is 0 Å². The molecule has 0 saturated heterocycles. The molecule has 0 aliphatic heterocycles. The predicted octanol–water partition coefficient (Wildman–Crippen LogP) is 7.74. The number of carbonyl (C=O) groups excluding carboxylic acids is 1. The third-order valence-electron chi connectivity index (χ3n) is 6.51. The molecule has 6 rings (SSSR count). The molecule has 4 N–H and O–H groups in total. The summed E-state index contributed by atoms with van der Waals surface area (Å²) >= 11 is 0. The van der Waals surface area contributed by atoms with Crippen molar-refractivity contribution in [2.75, 3.05) is 11.5 Å². The minimum atomic E-state index is -4.61. The standard InChI is InChI=1S/C29H16F6N4O3/c30-28(31,32)17-5-1-15(9-19(17)36)26-38-21-11-13(3-7-23(21)41-26)25(40)14-4-8-24-22(12-14)39-27(42-24)16-2-6-18(20(37)10-16)29(33,34)35/h1-12H,36-37H2. The third-order valence-corrected chi connectivity index (χ3v) is 6.51. The van der Waals surface area contributed by atoms with Crippen molar-refractivity contribution >= 4 is 39.4 Å². The molecule has 0 radical (unpaired) electrons. The van der Waals surface area contributed by atoms with Gasteiger partial charge in [-0.25, -0.2) is 9.97 Å². The number of nitrogen functional groups attached to an aromatic ring is 2. The molecule has 13 heteroatoms. The van der Waals surface area contributed by atoms with E-state index in [9.17, 15) is 31.1 Å². The van der Waals surface area contributed by atoms with E-state index in [1.807, 2.05) is 0 Å². The summed E-state index contributed by atoms with van der Waals surface area (Å²) in [5.74, 6) is -0.351. The number of fused-ring (bicyclic) bond motifs is 2. The average molecular weight is 582 g/mol. The Morgan fingerprint density at radius 3 is 1.36 bits per heavy atom. The molecule has 212 valence electrons. The van der Waals surface area contributed by atoms with Crippen molar-refractivity contribution < 1.29 is 40.0 Å². The first kappa shape index (κ1) is 26.9. The normalized spacial score (nSPS) is 12.3. The molecule has 0 saturated carbocycles. The van der Waals surface area contributed by atoms with Crippen LogP contribution < -0.4 is 11.5 Å². The number of aromatic nitrogens is 2. The second-order valence-corrected chi connectivity index (χ2v) is 9.33. The first-order valence-corrected chi connectivity index (χ1v) is 12.1. The molecule has 2 heterocycles. The highest BCUT2D eigenvalue weighted by atomic mass is 19.4. The van der Waals surface area contributed by atoms with Crippen LogP contribution in [0.15, 0.2) is 81.6 Å². The summed E-state index contributed by atoms with van der Waals surface area (Å²) in [5.41, 5.74) is 10.4. The maximum atomic E-state index is 13.3. The molecule has 0 amide bonds. The molecule has 0 unspecified atom stereocenters. The van der Waals surface area contributed by atoms with Crippen molar-refractivity contribution in [1.82, 2.24) is 9.97 Å². The summed E-state index contributed by atoms with van der Waals surface area (Å²) in [6.07, 6.45) is -9.21. The van der Waals surface area contributed by atoms with Crippen LogP contribution in [0.4, 0.5) is 37.7 Å². The molecule has 42 heavy (non-hydrogen) atoms. The second kappa shape index (κ2) is 9.36. The highest BCUT2D eigenvalue weighted by Gasteiger charge is 2.34. The van der Waals surface area contributed by atoms with Gasteiger partial charge in [0.25, 0.3) is 0 Å². The van der Waals surface area contributed by atoms with E-state index < -0.39 is 40.6 Å². The fourth-order valence-electron chi connectivity index (χ4n) is 4.46. The van der Waals surface area contributed by atoms with Gasteiger partial charge < -0.3 is 20.3 Å². The van der Waals surface area contributed by atoms with Gasteiger partial charge in [-0.3, -0.25) is 4.79 Å². The fraction of sp³-hybridized carbons (Fsp3) is 0.0690. The first-order chi connectivity index (χ1) is 19.8. The molecule has 0 aliphatic rings. The Balaban J connectivity index is 1.28. The maximum absolute atomic E-state index is 13.3. The molecule has 7 nitrogen and oxygen atoms in total. The number of oxazole rings is 2. The van der Waals surface area contributed by atoms with Gasteiger partial charge in [-0.1, -0.05) is 0 Å². The average Bonchev–Trinajstić information content (AvgIpc) is 3.54. The van der Waals surface area contributed by atoms with E-state index in [1.165, 1.54) is 48.5 Å². The summed E-state index contributed by atoms with van der Waals surface area (Å²) < 4.78 is 89.6. The van der Waals surface area contributed by atoms with Crippen molar-refractivity contribution in [3.05, 3.63) is 95.1 Å². The molecule has 0 atom stereocenters. The van der Waals surface area contributed by atoms with E-state index in [-0.39, 0.29) is 34.0 Å². The van der Waals surface area contributed by atoms with Crippen molar-refractivity contribution in [2.45, 2.75) is 12.4 Å². The number of halogens is 6. The van der Waals surface area contributed by atoms with Crippen LogP contribution >= 0.6 is 0 Å². The number of carbonyl (C=O) groups is 1. The highest BCUT2D eigenvalue weighted by Crippen LogP contribution is 2.37. The van der Waals surface area contributed by atoms with Gasteiger partial charge in [-0.2, -0.15) is 26.3 Å². The Hall–Kier alpha value is -5.33. The van der Waals surface area contributed by atoms with Crippen LogP contribution in [0, 0.1) is 0 Å². The van der Waals surface area contributed by atoms with Gasteiger partial charge in [0, 0.05) is 33.6 Å². The predicted molar refractivity (Wildman–Crippen MR) is 141 cm³/mol. The number of ketones is 1. The van der Waals surface area contributed by atoms with Crippen LogP contribution in [0.5, 0.6) is 0 Å². The van der Waals surface area contributed by atoms with Crippen LogP contribution in [0.3, 0.4) is 0 Å². The monoisotopic (exact) mass is 582 g/mol. The number of hydrogen-bond donors (Lipinski definition) is 2. The lowest BCUT2D eigenvalue weighted by molar-refractivity contribution is -0.137. The minimum Gasteiger partial charge on any atom is -0.436 e. The number of alkyl halides is 6. The Bertz CT molecular complexity index is 1880. The number of benzene rings is 4. The zero-order valence-corrected chi connectivity index (χ0v) is 21.0. The molecule has 2 aromatic heterocycles. The van der Waals surface area contributed by atoms with Crippen molar-refractivity contribution in [2.24, 2.45) is 0 Å². The lowest BCUT2D eigenvalue weighted by Gasteiger charge is -2.10. The highest BCUT2D eigenvalue weighted by molar-refractivity contribution is 6.11. The van der Waals surface area contributed by atoms with E-state index in [1.54, 1.807) is 0 Å². The molecule has 0 spiro atoms. The van der Waals surface area contributed by atoms with Crippen LogP contribution in [-0.4, -0.2) is 15.8 Å². The largest absolute Gasteiger partial charge is 0.436 e. The van der Waals surface area contributed by atoms with Crippen molar-refractivity contribution in [1.29, 1.82) is 0 Å². The van der Waals surface area contributed by atoms with E-state index >= 15 is 0 Å². The SMILES string of the molecule is Nc1cc(-c2nc3cc(C(=O)c4ccc5oc(-c6ccc(C(F)(F)F)c(N)c6)nc5c4)ccc3o2)ccc1C(F)(F)F. The molecular weight excluding hydrogens is 566 g/mol. The van der Waals surface area contributed by atoms with Gasteiger partial charge in [-0.05, 0) is 72.8 Å². The van der Waals surface area contributed by atoms with Crippen LogP contribution in [-0.2, 0) is 12.4 Å². The zero-order valence-electron chi connectivity index (χ0n) is 21.0. The lowest BCUT2D eigenvalue weighted by Crippen LogP contribution is -2.08. The molecule has 0 bridgehead atoms. The smallest absolute Gasteiger partial charge is 0.418 e. The Morgan fingerprint density at radius 2 is 1.00 bits per heavy atom. The van der Waals surface area contributed by atoms with E-state index in [0.717, 1.165) is 24.3 Å².